The first kappa shape index (κ1) is 22.3. The van der Waals surface area contributed by atoms with E-state index < -0.39 is 0 Å². The molecule has 0 saturated carbocycles. The topological polar surface area (TPSA) is 55.7 Å². The Kier molecular flexibility index (Phi) is 7.75. The van der Waals surface area contributed by atoms with E-state index in [0.29, 0.717) is 5.92 Å². The molecule has 6 heteroatoms. The van der Waals surface area contributed by atoms with Crippen LogP contribution in [0.1, 0.15) is 42.3 Å². The number of rotatable bonds is 7. The Balaban J connectivity index is 1.71. The van der Waals surface area contributed by atoms with Crippen molar-refractivity contribution in [1.29, 1.82) is 0 Å². The van der Waals surface area contributed by atoms with Crippen LogP contribution in [0.4, 0.5) is 0 Å². The molecule has 0 radical (unpaired) electrons. The lowest BCUT2D eigenvalue weighted by Gasteiger charge is -2.37. The molecule has 0 aliphatic carbocycles. The second kappa shape index (κ2) is 10.1. The van der Waals surface area contributed by atoms with Crippen molar-refractivity contribution in [3.8, 4) is 11.8 Å². The van der Waals surface area contributed by atoms with E-state index in [1.54, 1.807) is 11.3 Å². The van der Waals surface area contributed by atoms with Crippen molar-refractivity contribution in [3.05, 3.63) is 56.7 Å². The van der Waals surface area contributed by atoms with E-state index in [9.17, 15) is 5.11 Å². The van der Waals surface area contributed by atoms with Gasteiger partial charge in [-0.2, -0.15) is 0 Å². The number of hydrogen-bond acceptors (Lipinski definition) is 5. The highest BCUT2D eigenvalue weighted by molar-refractivity contribution is 7.10. The van der Waals surface area contributed by atoms with Gasteiger partial charge in [-0.25, -0.2) is 0 Å². The molecule has 4 nitrogen and oxygen atoms in total. The lowest BCUT2D eigenvalue weighted by atomic mass is 9.90. The average Bonchev–Trinajstić information content (AvgIpc) is 3.29. The number of nitrogens with zero attached hydrogens (tertiary/aromatic N) is 1. The minimum atomic E-state index is -0.221. The molecule has 3 N–H and O–H groups in total. The third-order valence-corrected chi connectivity index (χ3v) is 6.93. The van der Waals surface area contributed by atoms with Crippen LogP contribution in [-0.2, 0) is 6.54 Å². The molecule has 1 saturated heterocycles. The SMILES string of the molecule is CCN1[C@H](c2ccc(Cl)cc2)[C@H](CNCc2cc(C#CCO)cs2)C[C@]1(C)CO. The quantitative estimate of drug-likeness (QED) is 0.584. The van der Waals surface area contributed by atoms with Crippen molar-refractivity contribution in [1.82, 2.24) is 10.2 Å². The third kappa shape index (κ3) is 5.21. The molecule has 0 unspecified atom stereocenters. The molecule has 29 heavy (non-hydrogen) atoms. The Morgan fingerprint density at radius 2 is 2.07 bits per heavy atom. The van der Waals surface area contributed by atoms with Crippen molar-refractivity contribution >= 4 is 22.9 Å². The summed E-state index contributed by atoms with van der Waals surface area (Å²) in [4.78, 5) is 3.65. The summed E-state index contributed by atoms with van der Waals surface area (Å²) in [7, 11) is 0. The van der Waals surface area contributed by atoms with E-state index in [2.05, 4.69) is 54.1 Å². The summed E-state index contributed by atoms with van der Waals surface area (Å²) >= 11 is 7.78. The maximum atomic E-state index is 10.1. The highest BCUT2D eigenvalue weighted by Gasteiger charge is 2.47. The van der Waals surface area contributed by atoms with Gasteiger partial charge in [0.05, 0.1) is 6.61 Å². The third-order valence-electron chi connectivity index (χ3n) is 5.74. The van der Waals surface area contributed by atoms with E-state index in [1.807, 2.05) is 17.5 Å². The molecule has 3 rings (SSSR count). The number of likely N-dealkylation sites (tertiary alicyclic amines) is 1. The predicted octanol–water partition coefficient (Wildman–Crippen LogP) is 3.67. The van der Waals surface area contributed by atoms with Gasteiger partial charge in [0, 0.05) is 45.5 Å². The van der Waals surface area contributed by atoms with Gasteiger partial charge >= 0.3 is 0 Å². The average molecular weight is 433 g/mol. The fourth-order valence-electron chi connectivity index (χ4n) is 4.47. The van der Waals surface area contributed by atoms with Crippen LogP contribution in [0.25, 0.3) is 0 Å². The molecular formula is C23H29ClN2O2S. The summed E-state index contributed by atoms with van der Waals surface area (Å²) in [5.41, 5.74) is 1.98. The Labute approximate surface area is 182 Å². The van der Waals surface area contributed by atoms with Gasteiger partial charge in [0.1, 0.15) is 6.61 Å². The second-order valence-corrected chi connectivity index (χ2v) is 9.23. The number of hydrogen-bond donors (Lipinski definition) is 3. The molecule has 1 aromatic carbocycles. The summed E-state index contributed by atoms with van der Waals surface area (Å²) in [5.74, 6) is 6.03. The highest BCUT2D eigenvalue weighted by atomic mass is 35.5. The van der Waals surface area contributed by atoms with Crippen molar-refractivity contribution < 1.29 is 10.2 Å². The maximum absolute atomic E-state index is 10.1. The number of thiophene rings is 1. The number of aliphatic hydroxyl groups is 2. The van der Waals surface area contributed by atoms with E-state index in [4.69, 9.17) is 16.7 Å². The van der Waals surface area contributed by atoms with Gasteiger partial charge in [0.25, 0.3) is 0 Å². The second-order valence-electron chi connectivity index (χ2n) is 7.79. The van der Waals surface area contributed by atoms with Crippen LogP contribution < -0.4 is 5.32 Å². The molecule has 0 spiro atoms. The van der Waals surface area contributed by atoms with Crippen LogP contribution in [-0.4, -0.2) is 47.0 Å². The molecule has 3 atom stereocenters. The van der Waals surface area contributed by atoms with E-state index >= 15 is 0 Å². The fourth-order valence-corrected chi connectivity index (χ4v) is 5.39. The predicted molar refractivity (Wildman–Crippen MR) is 120 cm³/mol. The zero-order valence-electron chi connectivity index (χ0n) is 17.0. The van der Waals surface area contributed by atoms with Gasteiger partial charge in [-0.1, -0.05) is 42.5 Å². The minimum Gasteiger partial charge on any atom is -0.394 e. The fraction of sp³-hybridized carbons (Fsp3) is 0.478. The summed E-state index contributed by atoms with van der Waals surface area (Å²) < 4.78 is 0. The van der Waals surface area contributed by atoms with Crippen molar-refractivity contribution in [3.63, 3.8) is 0 Å². The first-order valence-electron chi connectivity index (χ1n) is 10.0. The molecule has 156 valence electrons. The minimum absolute atomic E-state index is 0.116. The molecule has 1 fully saturated rings. The normalized spacial score (nSPS) is 24.4. The number of likely N-dealkylation sites (N-methyl/N-ethyl adjacent to an activating group) is 1. The van der Waals surface area contributed by atoms with Gasteiger partial charge in [-0.05, 0) is 49.6 Å². The molecule has 1 aromatic heterocycles. The van der Waals surface area contributed by atoms with Crippen LogP contribution in [0.2, 0.25) is 5.02 Å². The Morgan fingerprint density at radius 1 is 1.31 bits per heavy atom. The smallest absolute Gasteiger partial charge is 0.104 e. The zero-order chi connectivity index (χ0) is 20.9. The van der Waals surface area contributed by atoms with Crippen LogP contribution in [0.3, 0.4) is 0 Å². The molecule has 0 bridgehead atoms. The number of halogens is 1. The van der Waals surface area contributed by atoms with Crippen LogP contribution in [0.15, 0.2) is 35.7 Å². The molecule has 2 heterocycles. The van der Waals surface area contributed by atoms with Crippen molar-refractivity contribution in [2.24, 2.45) is 5.92 Å². The van der Waals surface area contributed by atoms with Gasteiger partial charge in [-0.15, -0.1) is 11.3 Å². The molecule has 1 aliphatic heterocycles. The Morgan fingerprint density at radius 3 is 2.72 bits per heavy atom. The number of aliphatic hydroxyl groups excluding tert-OH is 2. The monoisotopic (exact) mass is 432 g/mol. The summed E-state index contributed by atoms with van der Waals surface area (Å²) in [6.07, 6.45) is 0.940. The molecule has 1 aliphatic rings. The van der Waals surface area contributed by atoms with Crippen molar-refractivity contribution in [2.75, 3.05) is 26.3 Å². The number of nitrogens with one attached hydrogen (secondary N) is 1. The molecule has 2 aromatic rings. The zero-order valence-corrected chi connectivity index (χ0v) is 18.6. The largest absolute Gasteiger partial charge is 0.394 e. The van der Waals surface area contributed by atoms with E-state index in [-0.39, 0.29) is 24.8 Å². The standard InChI is InChI=1S/C23H29ClN2O2S/c1-3-26-22(18-6-8-20(24)9-7-18)19(12-23(26,2)16-28)13-25-14-21-11-17(15-29-21)5-4-10-27/h6-9,11,15,19,22,25,27-28H,3,10,12-14,16H2,1-2H3/t19-,22+,23+/m0/s1. The van der Waals surface area contributed by atoms with E-state index in [1.165, 1.54) is 10.4 Å². The van der Waals surface area contributed by atoms with Gasteiger partial charge in [0.2, 0.25) is 0 Å². The van der Waals surface area contributed by atoms with Crippen LogP contribution >= 0.6 is 22.9 Å². The maximum Gasteiger partial charge on any atom is 0.104 e. The van der Waals surface area contributed by atoms with Crippen LogP contribution in [0, 0.1) is 17.8 Å². The lowest BCUT2D eigenvalue weighted by molar-refractivity contribution is 0.0579. The first-order chi connectivity index (χ1) is 14.0. The molecule has 0 amide bonds. The lowest BCUT2D eigenvalue weighted by Crippen LogP contribution is -2.45. The summed E-state index contributed by atoms with van der Waals surface area (Å²) in [6.45, 7) is 6.90. The van der Waals surface area contributed by atoms with Gasteiger partial charge in [0.15, 0.2) is 0 Å². The molecular weight excluding hydrogens is 404 g/mol. The first-order valence-corrected chi connectivity index (χ1v) is 11.3. The van der Waals surface area contributed by atoms with Gasteiger partial charge in [-0.3, -0.25) is 4.90 Å². The van der Waals surface area contributed by atoms with Crippen molar-refractivity contribution in [2.45, 2.75) is 38.4 Å². The van der Waals surface area contributed by atoms with Crippen LogP contribution in [0.5, 0.6) is 0 Å². The highest BCUT2D eigenvalue weighted by Crippen LogP contribution is 2.46. The Bertz CT molecular complexity index is 858. The summed E-state index contributed by atoms with van der Waals surface area (Å²) in [6, 6.07) is 10.4. The summed E-state index contributed by atoms with van der Waals surface area (Å²) in [5, 5.41) is 25.3. The van der Waals surface area contributed by atoms with E-state index in [0.717, 1.165) is 36.6 Å². The Hall–Kier alpha value is -1.39. The van der Waals surface area contributed by atoms with Gasteiger partial charge < -0.3 is 15.5 Å². The number of benzene rings is 1.